The van der Waals surface area contributed by atoms with Crippen LogP contribution >= 0.6 is 0 Å². The molecule has 0 spiro atoms. The van der Waals surface area contributed by atoms with Gasteiger partial charge in [0, 0.05) is 6.92 Å². The second-order valence-electron chi connectivity index (χ2n) is 10.5. The quantitative estimate of drug-likeness (QED) is 0.251. The Labute approximate surface area is 222 Å². The van der Waals surface area contributed by atoms with Crippen LogP contribution in [0, 0.1) is 11.8 Å². The van der Waals surface area contributed by atoms with Crippen molar-refractivity contribution in [3.05, 3.63) is 29.8 Å². The number of carbonyl (C=O) groups is 5. The second kappa shape index (κ2) is 12.1. The third-order valence-electron chi connectivity index (χ3n) is 7.50. The van der Waals surface area contributed by atoms with Gasteiger partial charge >= 0.3 is 5.97 Å². The lowest BCUT2D eigenvalue weighted by Gasteiger charge is -2.46. The summed E-state index contributed by atoms with van der Waals surface area (Å²) in [6.07, 6.45) is 1.99. The molecule has 0 saturated carbocycles. The van der Waals surface area contributed by atoms with Gasteiger partial charge in [-0.15, -0.1) is 0 Å². The van der Waals surface area contributed by atoms with Gasteiger partial charge in [0.15, 0.2) is 11.6 Å². The van der Waals surface area contributed by atoms with Crippen molar-refractivity contribution >= 4 is 29.4 Å². The summed E-state index contributed by atoms with van der Waals surface area (Å²) in [5, 5.41) is 26.4. The van der Waals surface area contributed by atoms with E-state index in [1.165, 1.54) is 12.1 Å². The Bertz CT molecular complexity index is 1060. The number of nitrogens with zero attached hydrogens (tertiary/aromatic N) is 1. The van der Waals surface area contributed by atoms with E-state index in [0.29, 0.717) is 49.2 Å². The minimum Gasteiger partial charge on any atom is -0.508 e. The molecule has 208 valence electrons. The summed E-state index contributed by atoms with van der Waals surface area (Å²) in [4.78, 5) is 68.9. The maximum absolute atomic E-state index is 14.2. The summed E-state index contributed by atoms with van der Waals surface area (Å²) in [5.74, 6) is -7.38. The zero-order valence-electron chi connectivity index (χ0n) is 22.1. The van der Waals surface area contributed by atoms with Gasteiger partial charge in [-0.25, -0.2) is 4.79 Å². The lowest BCUT2D eigenvalue weighted by Crippen LogP contribution is -2.74. The third kappa shape index (κ3) is 5.64. The Balaban J connectivity index is 2.17. The van der Waals surface area contributed by atoms with Crippen molar-refractivity contribution in [2.75, 3.05) is 13.1 Å². The number of imide groups is 1. The molecule has 0 radical (unpaired) electrons. The maximum atomic E-state index is 14.2. The zero-order valence-corrected chi connectivity index (χ0v) is 22.1. The summed E-state index contributed by atoms with van der Waals surface area (Å²) < 4.78 is 0. The fraction of sp³-hybridized carbons (Fsp3) is 0.593. The summed E-state index contributed by atoms with van der Waals surface area (Å²) >= 11 is 0. The van der Waals surface area contributed by atoms with E-state index in [4.69, 9.17) is 5.73 Å². The summed E-state index contributed by atoms with van der Waals surface area (Å²) in [6, 6.07) is 2.89. The molecule has 3 rings (SSSR count). The number of hydrogen-bond donors (Lipinski definition) is 5. The molecule has 1 aromatic carbocycles. The van der Waals surface area contributed by atoms with Gasteiger partial charge in [-0.2, -0.15) is 0 Å². The van der Waals surface area contributed by atoms with Gasteiger partial charge in [-0.3, -0.25) is 24.1 Å². The van der Waals surface area contributed by atoms with Gasteiger partial charge in [0.1, 0.15) is 5.75 Å². The molecule has 5 atom stereocenters. The highest BCUT2D eigenvalue weighted by atomic mass is 16.4. The van der Waals surface area contributed by atoms with Crippen molar-refractivity contribution in [1.82, 2.24) is 15.5 Å². The molecule has 0 aromatic heterocycles. The van der Waals surface area contributed by atoms with Crippen LogP contribution in [0.4, 0.5) is 0 Å². The van der Waals surface area contributed by atoms with Crippen LogP contribution in [-0.4, -0.2) is 81.2 Å². The number of hydrogen-bond acceptors (Lipinski definition) is 9. The molecule has 11 nitrogen and oxygen atoms in total. The number of Topliss-reactive ketones (excluding diaryl/α,β-unsaturated/α-hetero) is 2. The van der Waals surface area contributed by atoms with E-state index in [1.807, 2.05) is 0 Å². The topological polar surface area (TPSA) is 179 Å². The van der Waals surface area contributed by atoms with Crippen molar-refractivity contribution in [2.24, 2.45) is 17.6 Å². The Morgan fingerprint density at radius 2 is 1.58 bits per heavy atom. The summed E-state index contributed by atoms with van der Waals surface area (Å²) in [6.45, 7) is 5.26. The number of rotatable bonds is 11. The highest BCUT2D eigenvalue weighted by Crippen LogP contribution is 2.38. The Hall–Kier alpha value is -3.15. The Kier molecular flexibility index (Phi) is 9.40. The van der Waals surface area contributed by atoms with Gasteiger partial charge in [-0.1, -0.05) is 26.0 Å². The predicted octanol–water partition coefficient (Wildman–Crippen LogP) is 0.375. The van der Waals surface area contributed by atoms with Crippen LogP contribution in [-0.2, 0) is 30.4 Å². The molecule has 0 aliphatic carbocycles. The van der Waals surface area contributed by atoms with Crippen LogP contribution in [0.15, 0.2) is 24.3 Å². The highest BCUT2D eigenvalue weighted by molar-refractivity contribution is 6.20. The monoisotopic (exact) mass is 530 g/mol. The smallest absolute Gasteiger partial charge is 0.338 e. The first-order valence-electron chi connectivity index (χ1n) is 13.1. The number of carboxylic acids is 1. The van der Waals surface area contributed by atoms with E-state index in [2.05, 4.69) is 10.6 Å². The van der Waals surface area contributed by atoms with Crippen molar-refractivity contribution in [1.29, 1.82) is 0 Å². The van der Waals surface area contributed by atoms with Crippen molar-refractivity contribution in [3.63, 3.8) is 0 Å². The average molecular weight is 531 g/mol. The molecule has 5 unspecified atom stereocenters. The van der Waals surface area contributed by atoms with Crippen LogP contribution in [0.25, 0.3) is 0 Å². The van der Waals surface area contributed by atoms with Crippen LogP contribution in [0.3, 0.4) is 0 Å². The van der Waals surface area contributed by atoms with E-state index in [-0.39, 0.29) is 12.2 Å². The largest absolute Gasteiger partial charge is 0.508 e. The molecule has 2 heterocycles. The van der Waals surface area contributed by atoms with E-state index in [9.17, 15) is 34.2 Å². The molecule has 6 N–H and O–H groups in total. The third-order valence-corrected chi connectivity index (χ3v) is 7.50. The van der Waals surface area contributed by atoms with E-state index in [1.54, 1.807) is 26.0 Å². The number of carbonyl (C=O) groups excluding carboxylic acids is 4. The highest BCUT2D eigenvalue weighted by Gasteiger charge is 2.65. The zero-order chi connectivity index (χ0) is 28.2. The minimum absolute atomic E-state index is 0.0115. The first-order valence-corrected chi connectivity index (χ1v) is 13.1. The minimum atomic E-state index is -2.78. The number of aromatic hydroxyl groups is 1. The first kappa shape index (κ1) is 29.4. The second-order valence-corrected chi connectivity index (χ2v) is 10.5. The van der Waals surface area contributed by atoms with Crippen molar-refractivity contribution in [3.8, 4) is 5.75 Å². The molecule has 2 amide bonds. The van der Waals surface area contributed by atoms with Gasteiger partial charge < -0.3 is 26.6 Å². The number of nitrogens with two attached hydrogens (primary N) is 1. The van der Waals surface area contributed by atoms with E-state index >= 15 is 0 Å². The average Bonchev–Trinajstić information content (AvgIpc) is 3.58. The van der Waals surface area contributed by atoms with Crippen LogP contribution < -0.4 is 16.4 Å². The molecule has 1 aromatic rings. The number of carboxylic acid groups (broad SMARTS) is 1. The number of phenols is 1. The predicted molar refractivity (Wildman–Crippen MR) is 138 cm³/mol. The number of benzene rings is 1. The molecule has 2 aliphatic heterocycles. The molecule has 0 bridgehead atoms. The fourth-order valence-electron chi connectivity index (χ4n) is 5.79. The number of amides is 2. The normalized spacial score (nSPS) is 22.4. The number of phenolic OH excluding ortho intramolecular Hbond substituents is 1. The number of nitrogens with one attached hydrogen (secondary N) is 2. The first-order chi connectivity index (χ1) is 17.9. The summed E-state index contributed by atoms with van der Waals surface area (Å²) in [5.41, 5.74) is 4.00. The molecular weight excluding hydrogens is 492 g/mol. The fourth-order valence-corrected chi connectivity index (χ4v) is 5.79. The lowest BCUT2D eigenvalue weighted by molar-refractivity contribution is -0.178. The number of ketones is 2. The number of aliphatic carboxylic acids is 1. The molecule has 11 heteroatoms. The lowest BCUT2D eigenvalue weighted by atomic mass is 9.67. The molecule has 2 aliphatic rings. The molecular formula is C27H38N4O7. The van der Waals surface area contributed by atoms with Gasteiger partial charge in [0.05, 0.1) is 24.0 Å². The molecule has 38 heavy (non-hydrogen) atoms. The van der Waals surface area contributed by atoms with Crippen molar-refractivity contribution < 1.29 is 34.2 Å². The van der Waals surface area contributed by atoms with E-state index < -0.39 is 64.9 Å². The SMILES string of the molecule is CC(=O)N(C(=O)C(N)Cc1ccc(O)cc1)C(C(=O)O)(C(=O)C1CCCN1)C(C(=O)C1CCCN1)C(C)C. The molecule has 2 fully saturated rings. The van der Waals surface area contributed by atoms with Crippen LogP contribution in [0.2, 0.25) is 0 Å². The van der Waals surface area contributed by atoms with Crippen molar-refractivity contribution in [2.45, 2.75) is 76.5 Å². The van der Waals surface area contributed by atoms with Gasteiger partial charge in [0.2, 0.25) is 17.4 Å². The van der Waals surface area contributed by atoms with Crippen LogP contribution in [0.1, 0.15) is 52.0 Å². The molecule has 2 saturated heterocycles. The summed E-state index contributed by atoms with van der Waals surface area (Å²) in [7, 11) is 0. The Morgan fingerprint density at radius 3 is 2.03 bits per heavy atom. The van der Waals surface area contributed by atoms with Gasteiger partial charge in [0.25, 0.3) is 0 Å². The Morgan fingerprint density at radius 1 is 1.03 bits per heavy atom. The maximum Gasteiger partial charge on any atom is 0.338 e. The van der Waals surface area contributed by atoms with Crippen LogP contribution in [0.5, 0.6) is 5.75 Å². The van der Waals surface area contributed by atoms with E-state index in [0.717, 1.165) is 6.92 Å². The van der Waals surface area contributed by atoms with Gasteiger partial charge in [-0.05, 0) is 68.8 Å². The standard InChI is InChI=1S/C27H38N4O7/c1-15(2)22(23(34)20-6-4-12-29-20)27(26(37)38,24(35)21-7-5-13-30-21)31(16(3)32)25(36)19(28)14-17-8-10-18(33)11-9-17/h8-11,15,19-22,29-30,33H,4-7,12-14,28H2,1-3H3,(H,37,38).